The molecule has 1 rings (SSSR count). The molecule has 0 radical (unpaired) electrons. The molecule has 0 bridgehead atoms. The van der Waals surface area contributed by atoms with Crippen molar-refractivity contribution in [2.24, 2.45) is 0 Å². The van der Waals surface area contributed by atoms with Gasteiger partial charge in [0.2, 0.25) is 0 Å². The fourth-order valence-electron chi connectivity index (χ4n) is 0.778. The summed E-state index contributed by atoms with van der Waals surface area (Å²) in [5.74, 6) is -0.872. The first-order chi connectivity index (χ1) is 4.70. The number of hydrogen-bond acceptors (Lipinski definition) is 1. The summed E-state index contributed by atoms with van der Waals surface area (Å²) >= 11 is 0. The van der Waals surface area contributed by atoms with E-state index in [9.17, 15) is 4.79 Å². The van der Waals surface area contributed by atoms with E-state index in [1.165, 1.54) is 0 Å². The molecular formula is C8H10CaO2. The number of aryl methyl sites for hydroxylation is 1. The van der Waals surface area contributed by atoms with E-state index in [1.807, 2.05) is 13.0 Å². The molecule has 0 saturated carbocycles. The molecule has 0 aliphatic heterocycles. The number of benzene rings is 1. The summed E-state index contributed by atoms with van der Waals surface area (Å²) in [6.45, 7) is 1.87. The van der Waals surface area contributed by atoms with Crippen molar-refractivity contribution in [1.82, 2.24) is 0 Å². The number of carbonyl (C=O) groups is 1. The summed E-state index contributed by atoms with van der Waals surface area (Å²) in [4.78, 5) is 10.4. The number of carboxylic acid groups (broad SMARTS) is 1. The Morgan fingerprint density at radius 2 is 2.18 bits per heavy atom. The minimum Gasteiger partial charge on any atom is -1.00 e. The van der Waals surface area contributed by atoms with Gasteiger partial charge in [-0.2, -0.15) is 0 Å². The zero-order valence-corrected chi connectivity index (χ0v) is 8.58. The zero-order valence-electron chi connectivity index (χ0n) is 8.37. The van der Waals surface area contributed by atoms with Crippen LogP contribution in [0.1, 0.15) is 18.8 Å². The average Bonchev–Trinajstić information content (AvgIpc) is 1.88. The van der Waals surface area contributed by atoms with Crippen molar-refractivity contribution in [2.75, 3.05) is 0 Å². The van der Waals surface area contributed by atoms with E-state index in [0.29, 0.717) is 5.56 Å². The molecule has 1 aromatic carbocycles. The summed E-state index contributed by atoms with van der Waals surface area (Å²) in [5, 5.41) is 8.51. The summed E-state index contributed by atoms with van der Waals surface area (Å²) < 4.78 is 0. The van der Waals surface area contributed by atoms with Crippen LogP contribution in [-0.2, 0) is 0 Å². The Bertz CT molecular complexity index is 266. The van der Waals surface area contributed by atoms with Gasteiger partial charge in [-0.05, 0) is 19.1 Å². The molecule has 2 nitrogen and oxygen atoms in total. The van der Waals surface area contributed by atoms with Crippen molar-refractivity contribution in [3.63, 3.8) is 0 Å². The topological polar surface area (TPSA) is 37.3 Å². The maximum Gasteiger partial charge on any atom is 2.00 e. The first-order valence-electron chi connectivity index (χ1n) is 3.00. The first-order valence-corrected chi connectivity index (χ1v) is 3.00. The minimum absolute atomic E-state index is 0. The van der Waals surface area contributed by atoms with Crippen LogP contribution in [0.3, 0.4) is 0 Å². The van der Waals surface area contributed by atoms with Gasteiger partial charge >= 0.3 is 43.7 Å². The molecule has 0 fully saturated rings. The van der Waals surface area contributed by atoms with E-state index in [2.05, 4.69) is 0 Å². The predicted molar refractivity (Wildman–Crippen MR) is 46.1 cm³/mol. The molecule has 0 aliphatic rings. The molecule has 1 N–H and O–H groups in total. The van der Waals surface area contributed by atoms with Crippen molar-refractivity contribution in [3.05, 3.63) is 35.4 Å². The van der Waals surface area contributed by atoms with Gasteiger partial charge in [0, 0.05) is 0 Å². The average molecular weight is 178 g/mol. The van der Waals surface area contributed by atoms with E-state index >= 15 is 0 Å². The molecule has 0 aromatic heterocycles. The van der Waals surface area contributed by atoms with Gasteiger partial charge < -0.3 is 7.96 Å². The van der Waals surface area contributed by atoms with Gasteiger partial charge in [-0.15, -0.1) is 0 Å². The minimum atomic E-state index is -0.872. The summed E-state index contributed by atoms with van der Waals surface area (Å²) in [5.41, 5.74) is 1.32. The van der Waals surface area contributed by atoms with E-state index < -0.39 is 5.97 Å². The maximum absolute atomic E-state index is 10.4. The molecular weight excluding hydrogens is 168 g/mol. The van der Waals surface area contributed by atoms with Gasteiger partial charge in [0.05, 0.1) is 5.56 Å². The first kappa shape index (κ1) is 10.9. The van der Waals surface area contributed by atoms with E-state index in [1.54, 1.807) is 18.2 Å². The van der Waals surface area contributed by atoms with Crippen LogP contribution in [0.15, 0.2) is 24.3 Å². The second-order valence-electron chi connectivity index (χ2n) is 2.17. The second kappa shape index (κ2) is 4.75. The fourth-order valence-corrected chi connectivity index (χ4v) is 0.778. The van der Waals surface area contributed by atoms with Gasteiger partial charge in [0.15, 0.2) is 0 Å². The number of aromatic carboxylic acids is 1. The molecule has 0 atom stereocenters. The van der Waals surface area contributed by atoms with E-state index in [0.717, 1.165) is 5.56 Å². The Hall–Kier alpha value is -0.0503. The van der Waals surface area contributed by atoms with Crippen LogP contribution >= 0.6 is 0 Å². The number of carboxylic acids is 1. The second-order valence-corrected chi connectivity index (χ2v) is 2.17. The molecule has 11 heavy (non-hydrogen) atoms. The summed E-state index contributed by atoms with van der Waals surface area (Å²) in [7, 11) is 0. The van der Waals surface area contributed by atoms with Crippen molar-refractivity contribution < 1.29 is 12.8 Å². The molecule has 0 saturated heterocycles. The fraction of sp³-hybridized carbons (Fsp3) is 0.125. The van der Waals surface area contributed by atoms with Crippen LogP contribution in [0.5, 0.6) is 0 Å². The third kappa shape index (κ3) is 3.23. The third-order valence-electron chi connectivity index (χ3n) is 1.27. The van der Waals surface area contributed by atoms with Crippen molar-refractivity contribution in [2.45, 2.75) is 6.92 Å². The van der Waals surface area contributed by atoms with Gasteiger partial charge in [-0.25, -0.2) is 4.79 Å². The molecule has 3 heteroatoms. The van der Waals surface area contributed by atoms with Crippen LogP contribution in [0, 0.1) is 6.92 Å². The Labute approximate surface area is 98.2 Å². The summed E-state index contributed by atoms with van der Waals surface area (Å²) in [6, 6.07) is 6.82. The molecule has 0 unspecified atom stereocenters. The normalized spacial score (nSPS) is 8.45. The molecule has 56 valence electrons. The molecule has 1 aromatic rings. The van der Waals surface area contributed by atoms with Crippen molar-refractivity contribution in [3.8, 4) is 0 Å². The molecule has 0 amide bonds. The Morgan fingerprint density at radius 1 is 1.55 bits per heavy atom. The van der Waals surface area contributed by atoms with Crippen molar-refractivity contribution in [1.29, 1.82) is 0 Å². The number of rotatable bonds is 1. The van der Waals surface area contributed by atoms with Crippen LogP contribution in [0.25, 0.3) is 0 Å². The SMILES string of the molecule is Cc1cccc(C(=O)O)c1.[Ca+2].[H-].[H-]. The summed E-state index contributed by atoms with van der Waals surface area (Å²) in [6.07, 6.45) is 0. The standard InChI is InChI=1S/C8H8O2.Ca.2H/c1-6-3-2-4-7(5-6)8(9)10;;;/h2-5H,1H3,(H,9,10);;;/q;+2;2*-1. The molecule has 0 spiro atoms. The Morgan fingerprint density at radius 3 is 2.55 bits per heavy atom. The van der Waals surface area contributed by atoms with Crippen LogP contribution < -0.4 is 0 Å². The van der Waals surface area contributed by atoms with E-state index in [-0.39, 0.29) is 40.6 Å². The zero-order chi connectivity index (χ0) is 7.56. The number of hydrogen-bond donors (Lipinski definition) is 1. The van der Waals surface area contributed by atoms with Gasteiger partial charge in [-0.3, -0.25) is 0 Å². The van der Waals surface area contributed by atoms with Gasteiger partial charge in [0.25, 0.3) is 0 Å². The molecule has 0 heterocycles. The van der Waals surface area contributed by atoms with Crippen molar-refractivity contribution >= 4 is 43.7 Å². The Balaban J connectivity index is -0.000000333. The monoisotopic (exact) mass is 178 g/mol. The van der Waals surface area contributed by atoms with Crippen LogP contribution in [-0.4, -0.2) is 48.8 Å². The molecule has 0 aliphatic carbocycles. The Kier molecular flexibility index (Phi) is 4.73. The van der Waals surface area contributed by atoms with Crippen LogP contribution in [0.2, 0.25) is 0 Å². The smallest absolute Gasteiger partial charge is 1.00 e. The predicted octanol–water partition coefficient (Wildman–Crippen LogP) is 1.54. The van der Waals surface area contributed by atoms with Crippen LogP contribution in [0.4, 0.5) is 0 Å². The van der Waals surface area contributed by atoms with Gasteiger partial charge in [0.1, 0.15) is 0 Å². The van der Waals surface area contributed by atoms with E-state index in [4.69, 9.17) is 5.11 Å². The largest absolute Gasteiger partial charge is 2.00 e. The third-order valence-corrected chi connectivity index (χ3v) is 1.27. The van der Waals surface area contributed by atoms with Gasteiger partial charge in [-0.1, -0.05) is 17.7 Å². The quantitative estimate of drug-likeness (QED) is 0.662. The maximum atomic E-state index is 10.4.